The summed E-state index contributed by atoms with van der Waals surface area (Å²) in [6, 6.07) is 0. The minimum Gasteiger partial charge on any atom is -0.481 e. The highest BCUT2D eigenvalue weighted by molar-refractivity contribution is 5.98. The Hall–Kier alpha value is -1.59. The lowest BCUT2D eigenvalue weighted by atomic mass is 9.72. The molecule has 0 aromatic rings. The molecule has 0 fully saturated rings. The van der Waals surface area contributed by atoms with Gasteiger partial charge in [-0.2, -0.15) is 0 Å². The molecule has 86 valence electrons. The first kappa shape index (κ1) is 13.4. The van der Waals surface area contributed by atoms with Gasteiger partial charge < -0.3 is 15.3 Å². The number of hydrogen-bond acceptors (Lipinski definition) is 3. The molecule has 0 bridgehead atoms. The van der Waals surface area contributed by atoms with E-state index in [1.807, 2.05) is 0 Å². The number of hydrogen-bond donors (Lipinski definition) is 3. The number of carboxylic acid groups (broad SMARTS) is 3. The SMILES string of the molecule is CC(C(=O)O)C(C)C(C)(C(=O)O)C(=O)O. The molecule has 2 atom stereocenters. The van der Waals surface area contributed by atoms with E-state index in [0.717, 1.165) is 6.92 Å². The standard InChI is InChI=1S/C9H14O6/c1-4(6(10)11)5(2)9(3,7(12)13)8(14)15/h4-5H,1-3H3,(H,10,11)(H,12,13)(H,14,15). The van der Waals surface area contributed by atoms with Gasteiger partial charge in [-0.1, -0.05) is 13.8 Å². The maximum absolute atomic E-state index is 10.9. The third-order valence-electron chi connectivity index (χ3n) is 2.94. The Bertz CT molecular complexity index is 281. The normalized spacial score (nSPS) is 15.4. The first-order valence-corrected chi connectivity index (χ1v) is 4.35. The summed E-state index contributed by atoms with van der Waals surface area (Å²) in [6.45, 7) is 3.61. The minimum atomic E-state index is -2.09. The third-order valence-corrected chi connectivity index (χ3v) is 2.94. The Morgan fingerprint density at radius 3 is 1.53 bits per heavy atom. The zero-order valence-electron chi connectivity index (χ0n) is 8.72. The van der Waals surface area contributed by atoms with Gasteiger partial charge >= 0.3 is 17.9 Å². The fourth-order valence-electron chi connectivity index (χ4n) is 1.19. The molecule has 0 aliphatic rings. The van der Waals surface area contributed by atoms with Crippen LogP contribution in [0.2, 0.25) is 0 Å². The lowest BCUT2D eigenvalue weighted by molar-refractivity contribution is -0.170. The largest absolute Gasteiger partial charge is 0.481 e. The first-order valence-electron chi connectivity index (χ1n) is 4.35. The number of rotatable bonds is 5. The lowest BCUT2D eigenvalue weighted by Crippen LogP contribution is -2.45. The minimum absolute atomic E-state index is 1.01. The van der Waals surface area contributed by atoms with Gasteiger partial charge in [0.05, 0.1) is 5.92 Å². The van der Waals surface area contributed by atoms with Crippen molar-refractivity contribution in [3.63, 3.8) is 0 Å². The van der Waals surface area contributed by atoms with E-state index < -0.39 is 35.2 Å². The molecule has 15 heavy (non-hydrogen) atoms. The molecule has 0 aromatic carbocycles. The van der Waals surface area contributed by atoms with Crippen molar-refractivity contribution >= 4 is 17.9 Å². The summed E-state index contributed by atoms with van der Waals surface area (Å²) >= 11 is 0. The second kappa shape index (κ2) is 4.29. The molecule has 0 aliphatic carbocycles. The molecule has 0 saturated carbocycles. The van der Waals surface area contributed by atoms with E-state index in [0.29, 0.717) is 0 Å². The van der Waals surface area contributed by atoms with Crippen molar-refractivity contribution in [2.45, 2.75) is 20.8 Å². The molecule has 0 aromatic heterocycles. The van der Waals surface area contributed by atoms with Crippen molar-refractivity contribution in [2.75, 3.05) is 0 Å². The van der Waals surface area contributed by atoms with Crippen LogP contribution in [0.1, 0.15) is 20.8 Å². The van der Waals surface area contributed by atoms with Crippen LogP contribution in [0.5, 0.6) is 0 Å². The average Bonchev–Trinajstić information content (AvgIpc) is 2.13. The molecule has 0 heterocycles. The summed E-state index contributed by atoms with van der Waals surface area (Å²) < 4.78 is 0. The van der Waals surface area contributed by atoms with Crippen LogP contribution in [-0.4, -0.2) is 33.2 Å². The summed E-state index contributed by atoms with van der Waals surface area (Å²) in [5.41, 5.74) is -2.09. The Morgan fingerprint density at radius 2 is 1.33 bits per heavy atom. The van der Waals surface area contributed by atoms with Crippen LogP contribution in [0.3, 0.4) is 0 Å². The molecule has 6 heteroatoms. The van der Waals surface area contributed by atoms with Gasteiger partial charge in [0.15, 0.2) is 5.41 Å². The van der Waals surface area contributed by atoms with Crippen LogP contribution < -0.4 is 0 Å². The third kappa shape index (κ3) is 2.26. The van der Waals surface area contributed by atoms with Gasteiger partial charge in [0.25, 0.3) is 0 Å². The highest BCUT2D eigenvalue weighted by Crippen LogP contribution is 2.33. The molecule has 0 amide bonds. The summed E-state index contributed by atoms with van der Waals surface area (Å²) in [6.07, 6.45) is 0. The zero-order valence-corrected chi connectivity index (χ0v) is 8.72. The zero-order chi connectivity index (χ0) is 12.4. The molecule has 2 unspecified atom stereocenters. The van der Waals surface area contributed by atoms with E-state index in [1.165, 1.54) is 13.8 Å². The van der Waals surface area contributed by atoms with Gasteiger partial charge in [0, 0.05) is 0 Å². The maximum atomic E-state index is 10.9. The highest BCUT2D eigenvalue weighted by atomic mass is 16.4. The Kier molecular flexibility index (Phi) is 3.83. The molecule has 3 N–H and O–H groups in total. The van der Waals surface area contributed by atoms with Gasteiger partial charge in [0.1, 0.15) is 0 Å². The van der Waals surface area contributed by atoms with Crippen LogP contribution in [-0.2, 0) is 14.4 Å². The molecule has 0 aliphatic heterocycles. The van der Waals surface area contributed by atoms with Gasteiger partial charge in [0.2, 0.25) is 0 Å². The van der Waals surface area contributed by atoms with E-state index in [-0.39, 0.29) is 0 Å². The van der Waals surface area contributed by atoms with E-state index in [9.17, 15) is 14.4 Å². The van der Waals surface area contributed by atoms with Crippen LogP contribution in [0.15, 0.2) is 0 Å². The Labute approximate surface area is 86.5 Å². The van der Waals surface area contributed by atoms with E-state index in [4.69, 9.17) is 15.3 Å². The molecule has 0 saturated heterocycles. The van der Waals surface area contributed by atoms with Crippen molar-refractivity contribution in [1.82, 2.24) is 0 Å². The summed E-state index contributed by atoms with van der Waals surface area (Å²) in [5, 5.41) is 26.4. The van der Waals surface area contributed by atoms with Crippen molar-refractivity contribution in [3.8, 4) is 0 Å². The number of carboxylic acids is 3. The molecule has 6 nitrogen and oxygen atoms in total. The van der Waals surface area contributed by atoms with Gasteiger partial charge in [-0.15, -0.1) is 0 Å². The second-order valence-corrected chi connectivity index (χ2v) is 3.73. The molecule has 0 spiro atoms. The molecule has 0 rings (SSSR count). The quantitative estimate of drug-likeness (QED) is 0.580. The first-order chi connectivity index (χ1) is 6.65. The Balaban J connectivity index is 5.20. The topological polar surface area (TPSA) is 112 Å². The van der Waals surface area contributed by atoms with E-state index in [2.05, 4.69) is 0 Å². The predicted octanol–water partition coefficient (Wildman–Crippen LogP) is 0.519. The smallest absolute Gasteiger partial charge is 0.321 e. The predicted molar refractivity (Wildman–Crippen MR) is 49.3 cm³/mol. The second-order valence-electron chi connectivity index (χ2n) is 3.73. The number of carbonyl (C=O) groups is 3. The van der Waals surface area contributed by atoms with Crippen LogP contribution in [0, 0.1) is 17.3 Å². The van der Waals surface area contributed by atoms with Crippen LogP contribution in [0.25, 0.3) is 0 Å². The van der Waals surface area contributed by atoms with E-state index >= 15 is 0 Å². The van der Waals surface area contributed by atoms with Gasteiger partial charge in [-0.3, -0.25) is 14.4 Å². The van der Waals surface area contributed by atoms with Crippen molar-refractivity contribution in [1.29, 1.82) is 0 Å². The summed E-state index contributed by atoms with van der Waals surface area (Å²) in [5.74, 6) is -6.32. The van der Waals surface area contributed by atoms with E-state index in [1.54, 1.807) is 0 Å². The number of aliphatic carboxylic acids is 3. The van der Waals surface area contributed by atoms with Crippen LogP contribution >= 0.6 is 0 Å². The van der Waals surface area contributed by atoms with Crippen molar-refractivity contribution in [3.05, 3.63) is 0 Å². The molecular formula is C9H14O6. The van der Waals surface area contributed by atoms with Gasteiger partial charge in [-0.05, 0) is 12.8 Å². The molecule has 0 radical (unpaired) electrons. The van der Waals surface area contributed by atoms with Crippen LogP contribution in [0.4, 0.5) is 0 Å². The van der Waals surface area contributed by atoms with Crippen molar-refractivity contribution in [2.24, 2.45) is 17.3 Å². The fourth-order valence-corrected chi connectivity index (χ4v) is 1.19. The fraction of sp³-hybridized carbons (Fsp3) is 0.667. The monoisotopic (exact) mass is 218 g/mol. The van der Waals surface area contributed by atoms with Crippen molar-refractivity contribution < 1.29 is 29.7 Å². The van der Waals surface area contributed by atoms with Gasteiger partial charge in [-0.25, -0.2) is 0 Å². The summed E-state index contributed by atoms with van der Waals surface area (Å²) in [4.78, 5) is 32.4. The maximum Gasteiger partial charge on any atom is 0.321 e. The highest BCUT2D eigenvalue weighted by Gasteiger charge is 2.49. The lowest BCUT2D eigenvalue weighted by Gasteiger charge is -2.29. The Morgan fingerprint density at radius 1 is 1.00 bits per heavy atom. The summed E-state index contributed by atoms with van der Waals surface area (Å²) in [7, 11) is 0. The molecular weight excluding hydrogens is 204 g/mol. The average molecular weight is 218 g/mol.